The van der Waals surface area contributed by atoms with Gasteiger partial charge in [0.25, 0.3) is 5.91 Å². The summed E-state index contributed by atoms with van der Waals surface area (Å²) in [5.41, 5.74) is 0.513. The molecule has 4 atom stereocenters. The lowest BCUT2D eigenvalue weighted by Gasteiger charge is -2.39. The molecule has 2 aliphatic rings. The predicted molar refractivity (Wildman–Crippen MR) is 108 cm³/mol. The maximum atomic E-state index is 12.5. The van der Waals surface area contributed by atoms with Gasteiger partial charge in [-0.05, 0) is 30.4 Å². The van der Waals surface area contributed by atoms with Crippen molar-refractivity contribution in [2.75, 3.05) is 25.6 Å². The molecule has 1 N–H and O–H groups in total. The first-order chi connectivity index (χ1) is 13.9. The first-order valence-electron chi connectivity index (χ1n) is 10.3. The predicted octanol–water partition coefficient (Wildman–Crippen LogP) is 2.85. The zero-order valence-electron chi connectivity index (χ0n) is 17.3. The molecule has 1 saturated heterocycles. The highest BCUT2D eigenvalue weighted by atomic mass is 16.5. The second-order valence-corrected chi connectivity index (χ2v) is 8.14. The minimum Gasteiger partial charge on any atom is -0.495 e. The van der Waals surface area contributed by atoms with Crippen LogP contribution in [0.1, 0.15) is 39.5 Å². The Morgan fingerprint density at radius 1 is 1.21 bits per heavy atom. The minimum atomic E-state index is -0.508. The Kier molecular flexibility index (Phi) is 6.77. The average molecular weight is 402 g/mol. The fraction of sp³-hybridized carbons (Fsp3) is 0.591. The number of nitrogens with one attached hydrogen (secondary N) is 1. The van der Waals surface area contributed by atoms with Gasteiger partial charge in [0.15, 0.2) is 6.61 Å². The summed E-state index contributed by atoms with van der Waals surface area (Å²) in [6, 6.07) is 7.20. The molecule has 0 radical (unpaired) electrons. The number of esters is 1. The standard InChI is InChI=1S/C22H30N2O5/c1-14-7-6-9-18(15(14)2)24-12-16(11-21(24)26)22(27)29-13-20(25)23-17-8-4-5-10-19(17)28-3/h4-5,8,10,14-16,18H,6-7,9,11-13H2,1-3H3,(H,23,25)/t14-,15+,16+,18+/m0/s1. The number of amides is 2. The molecule has 158 valence electrons. The first-order valence-corrected chi connectivity index (χ1v) is 10.3. The summed E-state index contributed by atoms with van der Waals surface area (Å²) in [5, 5.41) is 2.67. The van der Waals surface area contributed by atoms with Crippen LogP contribution in [-0.2, 0) is 19.1 Å². The Bertz CT molecular complexity index is 765. The Hall–Kier alpha value is -2.57. The number of nitrogens with zero attached hydrogens (tertiary/aromatic N) is 1. The highest BCUT2D eigenvalue weighted by Gasteiger charge is 2.42. The van der Waals surface area contributed by atoms with Crippen molar-refractivity contribution in [3.8, 4) is 5.75 Å². The molecule has 3 rings (SSSR count). The number of carbonyl (C=O) groups excluding carboxylic acids is 3. The van der Waals surface area contributed by atoms with Crippen molar-refractivity contribution in [1.82, 2.24) is 4.90 Å². The molecule has 29 heavy (non-hydrogen) atoms. The number of hydrogen-bond donors (Lipinski definition) is 1. The summed E-state index contributed by atoms with van der Waals surface area (Å²) in [5.74, 6) is 0.0917. The van der Waals surface area contributed by atoms with Crippen molar-refractivity contribution in [2.24, 2.45) is 17.8 Å². The lowest BCUT2D eigenvalue weighted by atomic mass is 9.77. The van der Waals surface area contributed by atoms with Crippen molar-refractivity contribution < 1.29 is 23.9 Å². The van der Waals surface area contributed by atoms with Gasteiger partial charge < -0.3 is 19.7 Å². The number of hydrogen-bond acceptors (Lipinski definition) is 5. The van der Waals surface area contributed by atoms with Crippen LogP contribution in [0.5, 0.6) is 5.75 Å². The Morgan fingerprint density at radius 3 is 2.72 bits per heavy atom. The van der Waals surface area contributed by atoms with Crippen molar-refractivity contribution in [3.63, 3.8) is 0 Å². The summed E-state index contributed by atoms with van der Waals surface area (Å²) < 4.78 is 10.4. The molecule has 0 spiro atoms. The van der Waals surface area contributed by atoms with Crippen LogP contribution in [0, 0.1) is 17.8 Å². The van der Waals surface area contributed by atoms with Gasteiger partial charge in [-0.1, -0.05) is 38.8 Å². The Morgan fingerprint density at radius 2 is 1.97 bits per heavy atom. The highest BCUT2D eigenvalue weighted by molar-refractivity contribution is 5.94. The van der Waals surface area contributed by atoms with E-state index in [1.165, 1.54) is 13.5 Å². The molecule has 7 nitrogen and oxygen atoms in total. The molecule has 0 bridgehead atoms. The molecule has 1 aliphatic carbocycles. The second kappa shape index (κ2) is 9.29. The number of anilines is 1. The van der Waals surface area contributed by atoms with Crippen molar-refractivity contribution in [2.45, 2.75) is 45.6 Å². The van der Waals surface area contributed by atoms with Gasteiger partial charge >= 0.3 is 5.97 Å². The van der Waals surface area contributed by atoms with Crippen LogP contribution in [0.4, 0.5) is 5.69 Å². The summed E-state index contributed by atoms with van der Waals surface area (Å²) >= 11 is 0. The molecule has 0 aromatic heterocycles. The fourth-order valence-corrected chi connectivity index (χ4v) is 4.39. The number of carbonyl (C=O) groups is 3. The van der Waals surface area contributed by atoms with Crippen molar-refractivity contribution in [3.05, 3.63) is 24.3 Å². The average Bonchev–Trinajstić information content (AvgIpc) is 3.10. The number of rotatable bonds is 6. The van der Waals surface area contributed by atoms with Gasteiger partial charge in [-0.3, -0.25) is 14.4 Å². The molecular weight excluding hydrogens is 372 g/mol. The van der Waals surface area contributed by atoms with Gasteiger partial charge in [0, 0.05) is 19.0 Å². The molecule has 0 unspecified atom stereocenters. The van der Waals surface area contributed by atoms with Crippen LogP contribution in [0.2, 0.25) is 0 Å². The Labute approximate surface area is 171 Å². The maximum absolute atomic E-state index is 12.5. The zero-order chi connectivity index (χ0) is 21.0. The first kappa shape index (κ1) is 21.1. The van der Waals surface area contributed by atoms with E-state index in [-0.39, 0.29) is 18.4 Å². The van der Waals surface area contributed by atoms with E-state index in [0.717, 1.165) is 12.8 Å². The molecule has 2 amide bonds. The SMILES string of the molecule is COc1ccccc1NC(=O)COC(=O)[C@@H]1CC(=O)N([C@@H]2CCC[C@H](C)[C@H]2C)C1. The van der Waals surface area contributed by atoms with Gasteiger partial charge in [0.1, 0.15) is 5.75 Å². The summed E-state index contributed by atoms with van der Waals surface area (Å²) in [6.45, 7) is 4.41. The highest BCUT2D eigenvalue weighted by Crippen LogP contribution is 2.36. The van der Waals surface area contributed by atoms with Crippen LogP contribution in [0.25, 0.3) is 0 Å². The number of para-hydroxylation sites is 2. The number of benzene rings is 1. The van der Waals surface area contributed by atoms with Crippen molar-refractivity contribution in [1.29, 1.82) is 0 Å². The van der Waals surface area contributed by atoms with Crippen molar-refractivity contribution >= 4 is 23.5 Å². The van der Waals surface area contributed by atoms with Gasteiger partial charge in [-0.15, -0.1) is 0 Å². The quantitative estimate of drug-likeness (QED) is 0.740. The lowest BCUT2D eigenvalue weighted by molar-refractivity contribution is -0.151. The molecule has 1 heterocycles. The van der Waals surface area contributed by atoms with E-state index in [1.807, 2.05) is 4.90 Å². The number of methoxy groups -OCH3 is 1. The molecule has 7 heteroatoms. The molecule has 1 aliphatic heterocycles. The third kappa shape index (κ3) is 4.89. The topological polar surface area (TPSA) is 84.9 Å². The largest absolute Gasteiger partial charge is 0.495 e. The second-order valence-electron chi connectivity index (χ2n) is 8.14. The van der Waals surface area contributed by atoms with Gasteiger partial charge in [0.05, 0.1) is 18.7 Å². The van der Waals surface area contributed by atoms with Gasteiger partial charge in [-0.2, -0.15) is 0 Å². The summed E-state index contributed by atoms with van der Waals surface area (Å²) in [7, 11) is 1.52. The smallest absolute Gasteiger partial charge is 0.311 e. The monoisotopic (exact) mass is 402 g/mol. The van der Waals surface area contributed by atoms with E-state index in [1.54, 1.807) is 24.3 Å². The Balaban J connectivity index is 1.51. The molecule has 1 saturated carbocycles. The summed E-state index contributed by atoms with van der Waals surface area (Å²) in [4.78, 5) is 39.0. The van der Waals surface area contributed by atoms with E-state index in [2.05, 4.69) is 19.2 Å². The van der Waals surface area contributed by atoms with E-state index in [9.17, 15) is 14.4 Å². The molecule has 2 fully saturated rings. The van der Waals surface area contributed by atoms with E-state index >= 15 is 0 Å². The third-order valence-corrected chi connectivity index (χ3v) is 6.28. The zero-order valence-corrected chi connectivity index (χ0v) is 17.3. The van der Waals surface area contributed by atoms with Crippen LogP contribution < -0.4 is 10.1 Å². The maximum Gasteiger partial charge on any atom is 0.311 e. The third-order valence-electron chi connectivity index (χ3n) is 6.28. The van der Waals surface area contributed by atoms with E-state index < -0.39 is 24.4 Å². The van der Waals surface area contributed by atoms with Gasteiger partial charge in [-0.25, -0.2) is 0 Å². The van der Waals surface area contributed by atoms with E-state index in [4.69, 9.17) is 9.47 Å². The van der Waals surface area contributed by atoms with Crippen LogP contribution in [0.15, 0.2) is 24.3 Å². The van der Waals surface area contributed by atoms with Crippen LogP contribution in [-0.4, -0.2) is 49.0 Å². The molecule has 1 aromatic rings. The van der Waals surface area contributed by atoms with Gasteiger partial charge in [0.2, 0.25) is 5.91 Å². The number of ether oxygens (including phenoxy) is 2. The minimum absolute atomic E-state index is 0.0105. The number of likely N-dealkylation sites (tertiary alicyclic amines) is 1. The normalized spacial score (nSPS) is 26.9. The van der Waals surface area contributed by atoms with E-state index in [0.29, 0.717) is 29.8 Å². The summed E-state index contributed by atoms with van der Waals surface area (Å²) in [6.07, 6.45) is 3.44. The van der Waals surface area contributed by atoms with Crippen LogP contribution in [0.3, 0.4) is 0 Å². The van der Waals surface area contributed by atoms with Crippen LogP contribution >= 0.6 is 0 Å². The fourth-order valence-electron chi connectivity index (χ4n) is 4.39. The lowest BCUT2D eigenvalue weighted by Crippen LogP contribution is -2.45. The molecular formula is C22H30N2O5. The molecule has 1 aromatic carbocycles.